The first-order valence-electron chi connectivity index (χ1n) is 7.41. The predicted molar refractivity (Wildman–Crippen MR) is 96.2 cm³/mol. The minimum atomic E-state index is -3.64. The molecule has 25 heavy (non-hydrogen) atoms. The van der Waals surface area contributed by atoms with Gasteiger partial charge in [-0.3, -0.25) is 8.98 Å². The molecule has 3 rings (SSSR count). The topological polar surface area (TPSA) is 78.3 Å². The largest absolute Gasteiger partial charge is 0.274 e. The van der Waals surface area contributed by atoms with E-state index < -0.39 is 10.1 Å². The highest BCUT2D eigenvalue weighted by Crippen LogP contribution is 2.20. The van der Waals surface area contributed by atoms with Crippen molar-refractivity contribution in [3.63, 3.8) is 0 Å². The summed E-state index contributed by atoms with van der Waals surface area (Å²) in [7, 11) is -3.64. The molecule has 6 nitrogen and oxygen atoms in total. The summed E-state index contributed by atoms with van der Waals surface area (Å²) >= 11 is 6.01. The third-order valence-electron chi connectivity index (χ3n) is 3.58. The zero-order chi connectivity index (χ0) is 18.0. The van der Waals surface area contributed by atoms with Gasteiger partial charge in [-0.25, -0.2) is 4.68 Å². The maximum atomic E-state index is 12.7. The summed E-state index contributed by atoms with van der Waals surface area (Å²) < 4.78 is 28.8. The van der Waals surface area contributed by atoms with Crippen molar-refractivity contribution in [1.82, 2.24) is 9.78 Å². The minimum absolute atomic E-state index is 0.268. The van der Waals surface area contributed by atoms with Crippen LogP contribution in [0.5, 0.6) is 0 Å². The molecule has 0 bridgehead atoms. The highest BCUT2D eigenvalue weighted by Gasteiger charge is 2.14. The Hall–Kier alpha value is -2.22. The lowest BCUT2D eigenvalue weighted by Gasteiger charge is -2.11. The quantitative estimate of drug-likeness (QED) is 0.637. The van der Waals surface area contributed by atoms with Gasteiger partial charge in [0.15, 0.2) is 0 Å². The molecular formula is C17H15ClN2O4S. The third kappa shape index (κ3) is 4.25. The molecule has 130 valence electrons. The van der Waals surface area contributed by atoms with Gasteiger partial charge in [0.1, 0.15) is 6.61 Å². The van der Waals surface area contributed by atoms with Crippen molar-refractivity contribution in [2.45, 2.75) is 13.2 Å². The number of halogens is 1. The van der Waals surface area contributed by atoms with Crippen LogP contribution in [0.4, 0.5) is 0 Å². The Morgan fingerprint density at radius 2 is 1.84 bits per heavy atom. The fourth-order valence-electron chi connectivity index (χ4n) is 2.46. The molecule has 0 N–H and O–H groups in total. The summed E-state index contributed by atoms with van der Waals surface area (Å²) in [6.45, 7) is -0.00510. The van der Waals surface area contributed by atoms with E-state index in [0.29, 0.717) is 21.5 Å². The van der Waals surface area contributed by atoms with E-state index in [4.69, 9.17) is 15.8 Å². The number of aromatic nitrogens is 2. The average Bonchev–Trinajstić information content (AvgIpc) is 2.56. The number of hydrogen-bond donors (Lipinski definition) is 0. The fraction of sp³-hybridized carbons (Fsp3) is 0.176. The summed E-state index contributed by atoms with van der Waals surface area (Å²) in [6.07, 6.45) is 0.960. The molecule has 0 atom stereocenters. The normalized spacial score (nSPS) is 11.8. The Balaban J connectivity index is 2.13. The molecule has 1 aromatic heterocycles. The molecule has 3 aromatic rings. The monoisotopic (exact) mass is 378 g/mol. The molecule has 8 heteroatoms. The van der Waals surface area contributed by atoms with Gasteiger partial charge in [0.2, 0.25) is 0 Å². The minimum Gasteiger partial charge on any atom is -0.267 e. The maximum Gasteiger partial charge on any atom is 0.274 e. The van der Waals surface area contributed by atoms with Crippen molar-refractivity contribution < 1.29 is 12.6 Å². The van der Waals surface area contributed by atoms with E-state index in [1.54, 1.807) is 18.2 Å². The Bertz CT molecular complexity index is 1080. The molecular weight excluding hydrogens is 364 g/mol. The average molecular weight is 379 g/mol. The van der Waals surface area contributed by atoms with Crippen LogP contribution in [0, 0.1) is 0 Å². The summed E-state index contributed by atoms with van der Waals surface area (Å²) in [5.74, 6) is 0. The highest BCUT2D eigenvalue weighted by atomic mass is 35.5. The second-order valence-corrected chi connectivity index (χ2v) is 7.63. The van der Waals surface area contributed by atoms with Crippen LogP contribution in [0.25, 0.3) is 10.8 Å². The number of rotatable bonds is 5. The molecule has 0 fully saturated rings. The van der Waals surface area contributed by atoms with Crippen molar-refractivity contribution in [3.05, 3.63) is 75.2 Å². The van der Waals surface area contributed by atoms with E-state index >= 15 is 0 Å². The zero-order valence-corrected chi connectivity index (χ0v) is 14.9. The van der Waals surface area contributed by atoms with Crippen LogP contribution in [0.1, 0.15) is 11.3 Å². The van der Waals surface area contributed by atoms with Crippen LogP contribution in [0.15, 0.2) is 53.3 Å². The van der Waals surface area contributed by atoms with Crippen molar-refractivity contribution in [1.29, 1.82) is 0 Å². The summed E-state index contributed by atoms with van der Waals surface area (Å²) in [5.41, 5.74) is 0.956. The van der Waals surface area contributed by atoms with Gasteiger partial charge in [-0.15, -0.1) is 0 Å². The van der Waals surface area contributed by atoms with E-state index in [1.165, 1.54) is 4.68 Å². The van der Waals surface area contributed by atoms with E-state index in [9.17, 15) is 13.2 Å². The molecule has 0 unspecified atom stereocenters. The van der Waals surface area contributed by atoms with Gasteiger partial charge in [-0.2, -0.15) is 13.5 Å². The second kappa shape index (κ2) is 6.95. The van der Waals surface area contributed by atoms with Crippen LogP contribution in [0.2, 0.25) is 5.02 Å². The molecule has 0 aliphatic rings. The zero-order valence-electron chi connectivity index (χ0n) is 13.3. The molecule has 0 saturated heterocycles. The lowest BCUT2D eigenvalue weighted by atomic mass is 10.1. The summed E-state index contributed by atoms with van der Waals surface area (Å²) in [6, 6.07) is 14.2. The van der Waals surface area contributed by atoms with Gasteiger partial charge in [0.25, 0.3) is 15.7 Å². The van der Waals surface area contributed by atoms with Crippen molar-refractivity contribution in [2.75, 3.05) is 6.26 Å². The molecule has 0 aliphatic heterocycles. The van der Waals surface area contributed by atoms with Crippen LogP contribution in [-0.4, -0.2) is 24.5 Å². The first-order chi connectivity index (χ1) is 11.8. The molecule has 2 aromatic carbocycles. The Kier molecular flexibility index (Phi) is 4.89. The molecule has 0 saturated carbocycles. The first-order valence-corrected chi connectivity index (χ1v) is 9.60. The first kappa shape index (κ1) is 17.6. The molecule has 1 heterocycles. The van der Waals surface area contributed by atoms with Crippen molar-refractivity contribution >= 4 is 32.5 Å². The van der Waals surface area contributed by atoms with Crippen LogP contribution < -0.4 is 5.56 Å². The van der Waals surface area contributed by atoms with Gasteiger partial charge >= 0.3 is 0 Å². The van der Waals surface area contributed by atoms with E-state index in [2.05, 4.69) is 5.10 Å². The smallest absolute Gasteiger partial charge is 0.267 e. The highest BCUT2D eigenvalue weighted by molar-refractivity contribution is 7.85. The van der Waals surface area contributed by atoms with Gasteiger partial charge < -0.3 is 0 Å². The SMILES string of the molecule is CS(=O)(=O)OCc1nn(Cc2ccccc2)c(=O)c2ccc(Cl)cc12. The van der Waals surface area contributed by atoms with Gasteiger partial charge in [-0.05, 0) is 23.8 Å². The van der Waals surface area contributed by atoms with Crippen molar-refractivity contribution in [2.24, 2.45) is 0 Å². The van der Waals surface area contributed by atoms with Crippen LogP contribution in [0.3, 0.4) is 0 Å². The van der Waals surface area contributed by atoms with Gasteiger partial charge in [0, 0.05) is 10.4 Å². The van der Waals surface area contributed by atoms with E-state index in [1.807, 2.05) is 30.3 Å². The van der Waals surface area contributed by atoms with E-state index in [-0.39, 0.29) is 18.7 Å². The Morgan fingerprint density at radius 1 is 1.12 bits per heavy atom. The van der Waals surface area contributed by atoms with Crippen LogP contribution >= 0.6 is 11.6 Å². The van der Waals surface area contributed by atoms with E-state index in [0.717, 1.165) is 11.8 Å². The predicted octanol–water partition coefficient (Wildman–Crippen LogP) is 2.57. The standard InChI is InChI=1S/C17H15ClN2O4S/c1-25(22,23)24-11-16-15-9-13(18)7-8-14(15)17(21)20(19-16)10-12-5-3-2-4-6-12/h2-9H,10-11H2,1H3. The number of fused-ring (bicyclic) bond motifs is 1. The summed E-state index contributed by atoms with van der Waals surface area (Å²) in [5, 5.41) is 5.60. The maximum absolute atomic E-state index is 12.7. The second-order valence-electron chi connectivity index (χ2n) is 5.55. The van der Waals surface area contributed by atoms with Gasteiger partial charge in [-0.1, -0.05) is 41.9 Å². The third-order valence-corrected chi connectivity index (χ3v) is 4.36. The van der Waals surface area contributed by atoms with Gasteiger partial charge in [0.05, 0.1) is 23.9 Å². The molecule has 0 spiro atoms. The molecule has 0 radical (unpaired) electrons. The molecule has 0 aliphatic carbocycles. The molecule has 0 amide bonds. The number of hydrogen-bond acceptors (Lipinski definition) is 5. The fourth-order valence-corrected chi connectivity index (χ4v) is 2.96. The van der Waals surface area contributed by atoms with Crippen LogP contribution in [-0.2, 0) is 27.5 Å². The summed E-state index contributed by atoms with van der Waals surface area (Å²) in [4.78, 5) is 12.7. The number of nitrogens with zero attached hydrogens (tertiary/aromatic N) is 2. The lowest BCUT2D eigenvalue weighted by molar-refractivity contribution is 0.305. The van der Waals surface area contributed by atoms with Crippen molar-refractivity contribution in [3.8, 4) is 0 Å². The number of benzene rings is 2. The lowest BCUT2D eigenvalue weighted by Crippen LogP contribution is -2.25. The Labute approximate surface area is 149 Å². The Morgan fingerprint density at radius 3 is 2.52 bits per heavy atom.